The molecule has 0 bridgehead atoms. The minimum Gasteiger partial charge on any atom is -0.467 e. The third-order valence-corrected chi connectivity index (χ3v) is 4.53. The molecule has 0 aliphatic rings. The average Bonchev–Trinajstić information content (AvgIpc) is 2.64. The summed E-state index contributed by atoms with van der Waals surface area (Å²) in [5.41, 5.74) is 2.07. The lowest BCUT2D eigenvalue weighted by atomic mass is 10.0. The zero-order valence-corrected chi connectivity index (χ0v) is 18.2. The molecule has 10 heteroatoms. The van der Waals surface area contributed by atoms with E-state index in [4.69, 9.17) is 0 Å². The quantitative estimate of drug-likeness (QED) is 0.603. The van der Waals surface area contributed by atoms with Crippen molar-refractivity contribution in [3.05, 3.63) is 51.4 Å². The highest BCUT2D eigenvalue weighted by Crippen LogP contribution is 2.25. The van der Waals surface area contributed by atoms with Crippen LogP contribution in [0.15, 0.2) is 28.9 Å². The van der Waals surface area contributed by atoms with Crippen LogP contribution >= 0.6 is 15.9 Å². The molecule has 0 unspecified atom stereocenters. The molecule has 2 aromatic heterocycles. The van der Waals surface area contributed by atoms with E-state index in [1.165, 1.54) is 12.3 Å². The van der Waals surface area contributed by atoms with Crippen LogP contribution in [0.25, 0.3) is 0 Å². The van der Waals surface area contributed by atoms with Crippen molar-refractivity contribution < 1.29 is 27.5 Å². The highest BCUT2D eigenvalue weighted by Gasteiger charge is 2.29. The first-order valence-electron chi connectivity index (χ1n) is 9.07. The fourth-order valence-corrected chi connectivity index (χ4v) is 2.95. The van der Waals surface area contributed by atoms with Crippen molar-refractivity contribution in [2.45, 2.75) is 39.9 Å². The van der Waals surface area contributed by atoms with Gasteiger partial charge >= 0.3 is 6.18 Å². The molecule has 0 aliphatic carbocycles. The van der Waals surface area contributed by atoms with Gasteiger partial charge in [0.1, 0.15) is 5.78 Å². The van der Waals surface area contributed by atoms with E-state index in [1.54, 1.807) is 32.9 Å². The number of hydrogen-bond acceptors (Lipinski definition) is 5. The lowest BCUT2D eigenvalue weighted by Gasteiger charge is -2.11. The first-order valence-corrected chi connectivity index (χ1v) is 9.86. The smallest absolute Gasteiger partial charge is 0.422 e. The summed E-state index contributed by atoms with van der Waals surface area (Å²) in [6.45, 7) is 4.00. The number of carbonyl (C=O) groups excluding carboxylic acids is 2. The van der Waals surface area contributed by atoms with E-state index in [2.05, 4.69) is 36.0 Å². The van der Waals surface area contributed by atoms with Gasteiger partial charge in [-0.05, 0) is 46.6 Å². The Bertz CT molecular complexity index is 933. The van der Waals surface area contributed by atoms with Crippen LogP contribution in [-0.2, 0) is 17.8 Å². The van der Waals surface area contributed by atoms with Gasteiger partial charge in [-0.15, -0.1) is 0 Å². The number of carbonyl (C=O) groups is 2. The number of aromatic nitrogens is 2. The van der Waals surface area contributed by atoms with Gasteiger partial charge < -0.3 is 10.1 Å². The van der Waals surface area contributed by atoms with E-state index in [0.29, 0.717) is 22.5 Å². The molecule has 2 rings (SSSR count). The Morgan fingerprint density at radius 2 is 1.93 bits per heavy atom. The Morgan fingerprint density at radius 1 is 1.23 bits per heavy atom. The molecule has 0 aromatic carbocycles. The molecule has 0 saturated carbocycles. The Hall–Kier alpha value is -2.49. The number of Topliss-reactive ketones (excluding diaryl/α,β-unsaturated/α-hetero) is 1. The minimum absolute atomic E-state index is 0.0308. The zero-order chi connectivity index (χ0) is 22.5. The van der Waals surface area contributed by atoms with Crippen molar-refractivity contribution in [3.63, 3.8) is 0 Å². The van der Waals surface area contributed by atoms with Crippen molar-refractivity contribution in [1.29, 1.82) is 0 Å². The molecule has 0 fully saturated rings. The number of rotatable bonds is 8. The first kappa shape index (κ1) is 23.8. The van der Waals surface area contributed by atoms with Crippen LogP contribution in [0.4, 0.5) is 13.2 Å². The summed E-state index contributed by atoms with van der Waals surface area (Å²) in [5.74, 6) is -0.652. The highest BCUT2D eigenvalue weighted by molar-refractivity contribution is 9.10. The van der Waals surface area contributed by atoms with Crippen molar-refractivity contribution >= 4 is 27.6 Å². The second kappa shape index (κ2) is 10.0. The summed E-state index contributed by atoms with van der Waals surface area (Å²) >= 11 is 3.11. The number of halogens is 4. The fraction of sp³-hybridized carbons (Fsp3) is 0.400. The molecule has 0 atom stereocenters. The number of alkyl halides is 3. The fourth-order valence-electron chi connectivity index (χ4n) is 2.44. The summed E-state index contributed by atoms with van der Waals surface area (Å²) in [5, 5.41) is 2.72. The molecule has 2 heterocycles. The van der Waals surface area contributed by atoms with Gasteiger partial charge in [-0.2, -0.15) is 13.2 Å². The van der Waals surface area contributed by atoms with E-state index >= 15 is 0 Å². The van der Waals surface area contributed by atoms with E-state index in [0.717, 1.165) is 0 Å². The normalized spacial score (nSPS) is 11.5. The van der Waals surface area contributed by atoms with Gasteiger partial charge in [-0.3, -0.25) is 14.6 Å². The molecule has 1 amide bonds. The number of aryl methyl sites for hydroxylation is 1. The van der Waals surface area contributed by atoms with Gasteiger partial charge in [0, 0.05) is 42.0 Å². The number of ketones is 1. The minimum atomic E-state index is -4.46. The second-order valence-electron chi connectivity index (χ2n) is 7.00. The first-order chi connectivity index (χ1) is 13.9. The molecular weight excluding hydrogens is 467 g/mol. The number of ether oxygens (including phenoxy) is 1. The molecule has 6 nitrogen and oxygen atoms in total. The van der Waals surface area contributed by atoms with E-state index < -0.39 is 12.8 Å². The predicted molar refractivity (Wildman–Crippen MR) is 107 cm³/mol. The Balaban J connectivity index is 2.02. The van der Waals surface area contributed by atoms with E-state index in [-0.39, 0.29) is 40.9 Å². The Kier molecular flexibility index (Phi) is 7.94. The second-order valence-corrected chi connectivity index (χ2v) is 7.86. The van der Waals surface area contributed by atoms with Gasteiger partial charge in [0.15, 0.2) is 6.61 Å². The molecule has 162 valence electrons. The highest BCUT2D eigenvalue weighted by atomic mass is 79.9. The summed E-state index contributed by atoms with van der Waals surface area (Å²) in [6.07, 6.45) is -2.99. The molecular formula is C20H21BrF3N3O3. The van der Waals surface area contributed by atoms with Crippen LogP contribution in [0.1, 0.15) is 41.2 Å². The molecule has 0 spiro atoms. The number of nitrogens with one attached hydrogen (secondary N) is 1. The van der Waals surface area contributed by atoms with Gasteiger partial charge in [0.05, 0.1) is 4.47 Å². The number of hydrogen-bond donors (Lipinski definition) is 1. The van der Waals surface area contributed by atoms with Crippen LogP contribution in [0.2, 0.25) is 0 Å². The molecule has 0 aliphatic heterocycles. The van der Waals surface area contributed by atoms with E-state index in [9.17, 15) is 22.8 Å². The van der Waals surface area contributed by atoms with Crippen LogP contribution < -0.4 is 10.1 Å². The third-order valence-electron chi connectivity index (χ3n) is 3.96. The monoisotopic (exact) mass is 487 g/mol. The van der Waals surface area contributed by atoms with Gasteiger partial charge in [0.2, 0.25) is 5.88 Å². The van der Waals surface area contributed by atoms with Crippen molar-refractivity contribution in [1.82, 2.24) is 15.3 Å². The topological polar surface area (TPSA) is 81.2 Å². The maximum absolute atomic E-state index is 12.5. The Morgan fingerprint density at radius 3 is 2.53 bits per heavy atom. The Labute approximate surface area is 180 Å². The molecule has 0 radical (unpaired) electrons. The zero-order valence-electron chi connectivity index (χ0n) is 16.6. The maximum Gasteiger partial charge on any atom is 0.422 e. The van der Waals surface area contributed by atoms with Crippen LogP contribution in [-0.4, -0.2) is 34.4 Å². The van der Waals surface area contributed by atoms with Crippen molar-refractivity contribution in [2.24, 2.45) is 5.92 Å². The van der Waals surface area contributed by atoms with E-state index in [1.807, 2.05) is 0 Å². The molecule has 30 heavy (non-hydrogen) atoms. The number of amides is 1. The summed E-state index contributed by atoms with van der Waals surface area (Å²) < 4.78 is 41.6. The SMILES string of the molecule is Cc1cc(C(=O)NCc2cnc(OCC(F)(F)F)c(Br)c2)cc(CC(=O)C(C)C)n1. The molecule has 2 aromatic rings. The van der Waals surface area contributed by atoms with Gasteiger partial charge in [0.25, 0.3) is 5.91 Å². The summed E-state index contributed by atoms with van der Waals surface area (Å²) in [4.78, 5) is 32.6. The number of pyridine rings is 2. The lowest BCUT2D eigenvalue weighted by molar-refractivity contribution is -0.154. The van der Waals surface area contributed by atoms with Gasteiger partial charge in [-0.25, -0.2) is 4.98 Å². The average molecular weight is 488 g/mol. The molecule has 1 N–H and O–H groups in total. The maximum atomic E-state index is 12.5. The van der Waals surface area contributed by atoms with Crippen molar-refractivity contribution in [2.75, 3.05) is 6.61 Å². The largest absolute Gasteiger partial charge is 0.467 e. The third kappa shape index (κ3) is 7.40. The van der Waals surface area contributed by atoms with Crippen LogP contribution in [0, 0.1) is 12.8 Å². The van der Waals surface area contributed by atoms with Crippen molar-refractivity contribution in [3.8, 4) is 5.88 Å². The van der Waals surface area contributed by atoms with Gasteiger partial charge in [-0.1, -0.05) is 13.8 Å². The van der Waals surface area contributed by atoms with Crippen LogP contribution in [0.5, 0.6) is 5.88 Å². The molecule has 0 saturated heterocycles. The predicted octanol–water partition coefficient (Wildman–Crippen LogP) is 4.19. The number of nitrogens with zero attached hydrogens (tertiary/aromatic N) is 2. The lowest BCUT2D eigenvalue weighted by Crippen LogP contribution is -2.24. The summed E-state index contributed by atoms with van der Waals surface area (Å²) in [7, 11) is 0. The summed E-state index contributed by atoms with van der Waals surface area (Å²) in [6, 6.07) is 4.70. The standard InChI is InChI=1S/C20H21BrF3N3O3/c1-11(2)17(28)7-15-6-14(4-12(3)27-15)18(29)25-8-13-5-16(21)19(26-9-13)30-10-20(22,23)24/h4-6,9,11H,7-8,10H2,1-3H3,(H,25,29). The van der Waals surface area contributed by atoms with Crippen LogP contribution in [0.3, 0.4) is 0 Å².